The van der Waals surface area contributed by atoms with Gasteiger partial charge in [0.1, 0.15) is 5.75 Å². The Morgan fingerprint density at radius 3 is 2.43 bits per heavy atom. The van der Waals surface area contributed by atoms with Crippen molar-refractivity contribution < 1.29 is 4.74 Å². The van der Waals surface area contributed by atoms with E-state index in [9.17, 15) is 0 Å². The monoisotopic (exact) mass is 475 g/mol. The molecule has 9 heteroatoms. The molecule has 0 aliphatic carbocycles. The highest BCUT2D eigenvalue weighted by Crippen LogP contribution is 2.34. The summed E-state index contributed by atoms with van der Waals surface area (Å²) in [6.07, 6.45) is -0.360. The summed E-state index contributed by atoms with van der Waals surface area (Å²) >= 11 is 26.3. The van der Waals surface area contributed by atoms with Crippen LogP contribution in [0.15, 0.2) is 41.6 Å². The molecule has 0 N–H and O–H groups in total. The Labute approximate surface area is 188 Å². The predicted molar refractivity (Wildman–Crippen MR) is 117 cm³/mol. The van der Waals surface area contributed by atoms with E-state index < -0.39 is 0 Å². The van der Waals surface area contributed by atoms with Crippen LogP contribution in [0.2, 0.25) is 20.1 Å². The van der Waals surface area contributed by atoms with Crippen LogP contribution in [0.25, 0.3) is 0 Å². The van der Waals surface area contributed by atoms with Crippen molar-refractivity contribution in [2.75, 3.05) is 0 Å². The maximum atomic E-state index is 6.26. The maximum Gasteiger partial charge on any atom is 0.191 e. The third kappa shape index (κ3) is 4.89. The molecule has 4 nitrogen and oxygen atoms in total. The second kappa shape index (κ2) is 9.59. The lowest BCUT2D eigenvalue weighted by molar-refractivity contribution is 0.210. The quantitative estimate of drug-likeness (QED) is 0.334. The first-order valence-electron chi connectivity index (χ1n) is 8.51. The second-order valence-electron chi connectivity index (χ2n) is 5.91. The molecule has 28 heavy (non-hydrogen) atoms. The van der Waals surface area contributed by atoms with Gasteiger partial charge in [0, 0.05) is 33.4 Å². The average Bonchev–Trinajstić information content (AvgIpc) is 3.07. The highest BCUT2D eigenvalue weighted by Gasteiger charge is 2.20. The Bertz CT molecular complexity index is 960. The summed E-state index contributed by atoms with van der Waals surface area (Å²) in [5, 5.41) is 11.7. The van der Waals surface area contributed by atoms with Crippen LogP contribution in [0, 0.1) is 0 Å². The van der Waals surface area contributed by atoms with Crippen molar-refractivity contribution in [2.24, 2.45) is 0 Å². The van der Waals surface area contributed by atoms with E-state index in [-0.39, 0.29) is 6.10 Å². The van der Waals surface area contributed by atoms with Crippen molar-refractivity contribution in [3.8, 4) is 5.75 Å². The lowest BCUT2D eigenvalue weighted by Gasteiger charge is -2.16. The molecule has 0 aliphatic rings. The number of aromatic nitrogens is 3. The first kappa shape index (κ1) is 21.6. The van der Waals surface area contributed by atoms with E-state index in [4.69, 9.17) is 51.1 Å². The van der Waals surface area contributed by atoms with Gasteiger partial charge in [-0.1, -0.05) is 64.2 Å². The Morgan fingerprint density at radius 1 is 1.04 bits per heavy atom. The highest BCUT2D eigenvalue weighted by atomic mass is 35.5. The molecule has 0 amide bonds. The molecule has 0 radical (unpaired) electrons. The van der Waals surface area contributed by atoms with E-state index in [0.29, 0.717) is 44.0 Å². The van der Waals surface area contributed by atoms with Crippen molar-refractivity contribution in [2.45, 2.75) is 37.4 Å². The van der Waals surface area contributed by atoms with Crippen LogP contribution in [-0.2, 0) is 12.3 Å². The summed E-state index contributed by atoms with van der Waals surface area (Å²) in [7, 11) is 0. The molecular formula is C19H17Cl4N3OS. The molecule has 0 saturated carbocycles. The normalized spacial score (nSPS) is 12.2. The standard InChI is InChI=1S/C19H17Cl4N3OS/c1-3-26-18(11(2)27-17-9-12(20)7-8-16(17)23)24-25-19(26)28-10-13-14(21)5-4-6-15(13)22/h4-9,11H,3,10H2,1-2H3. The van der Waals surface area contributed by atoms with Gasteiger partial charge in [0.15, 0.2) is 17.1 Å². The maximum absolute atomic E-state index is 6.26. The predicted octanol–water partition coefficient (Wildman–Crippen LogP) is 7.34. The Kier molecular flexibility index (Phi) is 7.40. The fourth-order valence-electron chi connectivity index (χ4n) is 2.62. The van der Waals surface area contributed by atoms with Gasteiger partial charge in [-0.3, -0.25) is 0 Å². The number of nitrogens with zero attached hydrogens (tertiary/aromatic N) is 3. The zero-order valence-corrected chi connectivity index (χ0v) is 19.0. The molecule has 2 aromatic carbocycles. The first-order chi connectivity index (χ1) is 13.4. The largest absolute Gasteiger partial charge is 0.481 e. The van der Waals surface area contributed by atoms with E-state index in [1.54, 1.807) is 18.2 Å². The molecule has 3 aromatic rings. The number of ether oxygens (including phenoxy) is 1. The molecule has 1 unspecified atom stereocenters. The van der Waals surface area contributed by atoms with Crippen LogP contribution in [0.4, 0.5) is 0 Å². The molecule has 1 heterocycles. The van der Waals surface area contributed by atoms with Gasteiger partial charge >= 0.3 is 0 Å². The summed E-state index contributed by atoms with van der Waals surface area (Å²) in [5.74, 6) is 1.79. The average molecular weight is 477 g/mol. The summed E-state index contributed by atoms with van der Waals surface area (Å²) in [6.45, 7) is 4.61. The minimum Gasteiger partial charge on any atom is -0.481 e. The van der Waals surface area contributed by atoms with Crippen LogP contribution < -0.4 is 4.74 Å². The smallest absolute Gasteiger partial charge is 0.191 e. The van der Waals surface area contributed by atoms with Gasteiger partial charge in [-0.15, -0.1) is 10.2 Å². The Morgan fingerprint density at radius 2 is 1.75 bits per heavy atom. The van der Waals surface area contributed by atoms with Gasteiger partial charge in [0.25, 0.3) is 0 Å². The van der Waals surface area contributed by atoms with Gasteiger partial charge in [-0.25, -0.2) is 0 Å². The van der Waals surface area contributed by atoms with E-state index >= 15 is 0 Å². The number of halogens is 4. The zero-order chi connectivity index (χ0) is 20.3. The summed E-state index contributed by atoms with van der Waals surface area (Å²) < 4.78 is 7.98. The highest BCUT2D eigenvalue weighted by molar-refractivity contribution is 7.98. The third-order valence-electron chi connectivity index (χ3n) is 4.03. The van der Waals surface area contributed by atoms with Crippen LogP contribution in [0.3, 0.4) is 0 Å². The number of hydrogen-bond donors (Lipinski definition) is 0. The number of benzene rings is 2. The van der Waals surface area contributed by atoms with Crippen molar-refractivity contribution in [3.63, 3.8) is 0 Å². The van der Waals surface area contributed by atoms with Gasteiger partial charge < -0.3 is 9.30 Å². The lowest BCUT2D eigenvalue weighted by atomic mass is 10.2. The first-order valence-corrected chi connectivity index (χ1v) is 11.0. The van der Waals surface area contributed by atoms with Crippen LogP contribution >= 0.6 is 58.2 Å². The van der Waals surface area contributed by atoms with E-state index in [0.717, 1.165) is 10.7 Å². The van der Waals surface area contributed by atoms with Gasteiger partial charge in [-0.2, -0.15) is 0 Å². The van der Waals surface area contributed by atoms with E-state index in [1.165, 1.54) is 11.8 Å². The SMILES string of the molecule is CCn1c(SCc2c(Cl)cccc2Cl)nnc1C(C)Oc1cc(Cl)ccc1Cl. The van der Waals surface area contributed by atoms with Gasteiger partial charge in [0.05, 0.1) is 5.02 Å². The molecule has 1 aromatic heterocycles. The van der Waals surface area contributed by atoms with Gasteiger partial charge in [0.2, 0.25) is 0 Å². The molecule has 1 atom stereocenters. The second-order valence-corrected chi connectivity index (χ2v) is 8.51. The van der Waals surface area contributed by atoms with Crippen LogP contribution in [0.5, 0.6) is 5.75 Å². The molecule has 3 rings (SSSR count). The summed E-state index contributed by atoms with van der Waals surface area (Å²) in [5.41, 5.74) is 0.873. The minimum atomic E-state index is -0.360. The number of thioether (sulfide) groups is 1. The van der Waals surface area contributed by atoms with Gasteiger partial charge in [-0.05, 0) is 43.7 Å². The van der Waals surface area contributed by atoms with E-state index in [1.807, 2.05) is 36.6 Å². The molecule has 0 fully saturated rings. The Balaban J connectivity index is 1.78. The number of hydrogen-bond acceptors (Lipinski definition) is 4. The molecule has 0 aliphatic heterocycles. The van der Waals surface area contributed by atoms with Crippen LogP contribution in [-0.4, -0.2) is 14.8 Å². The molecule has 0 spiro atoms. The van der Waals surface area contributed by atoms with Crippen molar-refractivity contribution in [3.05, 3.63) is 67.9 Å². The van der Waals surface area contributed by atoms with Crippen molar-refractivity contribution >= 4 is 58.2 Å². The summed E-state index contributed by atoms with van der Waals surface area (Å²) in [6, 6.07) is 10.6. The Hall–Kier alpha value is -1.11. The summed E-state index contributed by atoms with van der Waals surface area (Å²) in [4.78, 5) is 0. The molecule has 148 valence electrons. The van der Waals surface area contributed by atoms with Crippen molar-refractivity contribution in [1.82, 2.24) is 14.8 Å². The number of rotatable bonds is 7. The van der Waals surface area contributed by atoms with E-state index in [2.05, 4.69) is 10.2 Å². The lowest BCUT2D eigenvalue weighted by Crippen LogP contribution is -2.12. The topological polar surface area (TPSA) is 39.9 Å². The zero-order valence-electron chi connectivity index (χ0n) is 15.1. The molecule has 0 bridgehead atoms. The fraction of sp³-hybridized carbons (Fsp3) is 0.263. The molecular weight excluding hydrogens is 460 g/mol. The van der Waals surface area contributed by atoms with Crippen LogP contribution in [0.1, 0.15) is 31.3 Å². The molecule has 0 saturated heterocycles. The third-order valence-corrected chi connectivity index (χ3v) is 6.28. The van der Waals surface area contributed by atoms with Crippen molar-refractivity contribution in [1.29, 1.82) is 0 Å². The fourth-order valence-corrected chi connectivity index (χ4v) is 4.70. The minimum absolute atomic E-state index is 0.360.